The smallest absolute Gasteiger partial charge is 0.253 e. The van der Waals surface area contributed by atoms with E-state index in [0.29, 0.717) is 5.92 Å². The van der Waals surface area contributed by atoms with Crippen molar-refractivity contribution in [1.82, 2.24) is 19.0 Å². The van der Waals surface area contributed by atoms with E-state index in [2.05, 4.69) is 69.6 Å². The predicted octanol–water partition coefficient (Wildman–Crippen LogP) is 6.38. The molecule has 5 heteroatoms. The van der Waals surface area contributed by atoms with Crippen LogP contribution in [0.2, 0.25) is 0 Å². The molecule has 2 aromatic heterocycles. The number of aromatic nitrogens is 3. The summed E-state index contributed by atoms with van der Waals surface area (Å²) >= 11 is 0. The Balaban J connectivity index is 1.23. The number of carbonyl (C=O) groups excluding carboxylic acids is 1. The second-order valence-corrected chi connectivity index (χ2v) is 11.2. The average Bonchev–Trinajstić information content (AvgIpc) is 3.30. The van der Waals surface area contributed by atoms with Crippen LogP contribution in [0.15, 0.2) is 60.7 Å². The standard InChI is InChI=1S/C31H34N4O/c1-33-28-13-12-24(31(36)34-17-16-22-8-5-9-25(22)20-34)18-26(28)32-30(33)29-15-14-27(23-6-3-2-4-7-23)35(29)19-21-10-11-21/h2-4,6-7,12-15,18,21-22,25H,5,8-11,16-17,19-20H2,1H3/t22-,25+/m0/s1. The Morgan fingerprint density at radius 2 is 1.72 bits per heavy atom. The van der Waals surface area contributed by atoms with Gasteiger partial charge < -0.3 is 14.0 Å². The minimum atomic E-state index is 0.165. The number of imidazole rings is 1. The van der Waals surface area contributed by atoms with Gasteiger partial charge >= 0.3 is 0 Å². The van der Waals surface area contributed by atoms with Gasteiger partial charge in [0.1, 0.15) is 0 Å². The van der Waals surface area contributed by atoms with Gasteiger partial charge in [-0.2, -0.15) is 0 Å². The van der Waals surface area contributed by atoms with Crippen LogP contribution in [-0.2, 0) is 13.6 Å². The number of amides is 1. The molecule has 3 fully saturated rings. The van der Waals surface area contributed by atoms with Crippen LogP contribution in [0.4, 0.5) is 0 Å². The normalized spacial score (nSPS) is 21.8. The van der Waals surface area contributed by atoms with Gasteiger partial charge in [0.15, 0.2) is 5.82 Å². The third kappa shape index (κ3) is 3.76. The van der Waals surface area contributed by atoms with Gasteiger partial charge in [0.05, 0.1) is 16.7 Å². The first-order chi connectivity index (χ1) is 17.7. The summed E-state index contributed by atoms with van der Waals surface area (Å²) in [5.41, 5.74) is 6.36. The lowest BCUT2D eigenvalue weighted by molar-refractivity contribution is 0.0627. The van der Waals surface area contributed by atoms with Crippen LogP contribution in [0.25, 0.3) is 33.8 Å². The van der Waals surface area contributed by atoms with Gasteiger partial charge in [-0.25, -0.2) is 4.98 Å². The van der Waals surface area contributed by atoms with E-state index >= 15 is 0 Å². The molecule has 0 radical (unpaired) electrons. The van der Waals surface area contributed by atoms with Crippen LogP contribution >= 0.6 is 0 Å². The van der Waals surface area contributed by atoms with Gasteiger partial charge in [-0.1, -0.05) is 43.2 Å². The fraction of sp³-hybridized carbons (Fsp3) is 0.419. The highest BCUT2D eigenvalue weighted by Crippen LogP contribution is 2.39. The topological polar surface area (TPSA) is 43.1 Å². The van der Waals surface area contributed by atoms with E-state index in [0.717, 1.165) is 66.0 Å². The number of nitrogens with zero attached hydrogens (tertiary/aromatic N) is 4. The summed E-state index contributed by atoms with van der Waals surface area (Å²) in [7, 11) is 2.09. The molecule has 0 unspecified atom stereocenters. The monoisotopic (exact) mass is 478 g/mol. The fourth-order valence-corrected chi connectivity index (χ4v) is 6.64. The zero-order valence-corrected chi connectivity index (χ0v) is 21.1. The average molecular weight is 479 g/mol. The molecule has 1 saturated heterocycles. The Bertz CT molecular complexity index is 1430. The zero-order chi connectivity index (χ0) is 24.2. The summed E-state index contributed by atoms with van der Waals surface area (Å²) in [6.07, 6.45) is 7.73. The highest BCUT2D eigenvalue weighted by molar-refractivity contribution is 5.98. The van der Waals surface area contributed by atoms with Crippen molar-refractivity contribution in [2.24, 2.45) is 24.8 Å². The quantitative estimate of drug-likeness (QED) is 0.334. The van der Waals surface area contributed by atoms with Crippen LogP contribution in [0.3, 0.4) is 0 Å². The highest BCUT2D eigenvalue weighted by Gasteiger charge is 2.35. The molecule has 4 aromatic rings. The number of piperidine rings is 1. The molecule has 2 saturated carbocycles. The molecule has 2 aliphatic carbocycles. The summed E-state index contributed by atoms with van der Waals surface area (Å²) in [4.78, 5) is 20.6. The molecule has 1 aliphatic heterocycles. The molecule has 0 spiro atoms. The van der Waals surface area contributed by atoms with E-state index in [4.69, 9.17) is 4.98 Å². The van der Waals surface area contributed by atoms with Crippen molar-refractivity contribution in [2.75, 3.05) is 13.1 Å². The molecular formula is C31H34N4O. The summed E-state index contributed by atoms with van der Waals surface area (Å²) in [5, 5.41) is 0. The molecular weight excluding hydrogens is 444 g/mol. The Kier molecular flexibility index (Phi) is 5.26. The molecule has 5 nitrogen and oxygen atoms in total. The van der Waals surface area contributed by atoms with E-state index in [-0.39, 0.29) is 5.91 Å². The molecule has 7 rings (SSSR count). The van der Waals surface area contributed by atoms with E-state index in [9.17, 15) is 4.79 Å². The van der Waals surface area contributed by atoms with Crippen molar-refractivity contribution in [3.63, 3.8) is 0 Å². The van der Waals surface area contributed by atoms with Crippen LogP contribution in [0, 0.1) is 17.8 Å². The SMILES string of the molecule is Cn1c(-c2ccc(-c3ccccc3)n2CC2CC2)nc2cc(C(=O)N3CC[C@@H]4CCC[C@@H]4C3)ccc21. The van der Waals surface area contributed by atoms with Crippen molar-refractivity contribution >= 4 is 16.9 Å². The number of hydrogen-bond donors (Lipinski definition) is 0. The largest absolute Gasteiger partial charge is 0.338 e. The number of carbonyl (C=O) groups is 1. The maximum Gasteiger partial charge on any atom is 0.253 e. The van der Waals surface area contributed by atoms with Gasteiger partial charge in [0, 0.05) is 37.9 Å². The number of hydrogen-bond acceptors (Lipinski definition) is 2. The first kappa shape index (κ1) is 21.9. The van der Waals surface area contributed by atoms with E-state index < -0.39 is 0 Å². The second-order valence-electron chi connectivity index (χ2n) is 11.2. The summed E-state index contributed by atoms with van der Waals surface area (Å²) in [5.74, 6) is 3.41. The van der Waals surface area contributed by atoms with Gasteiger partial charge in [-0.15, -0.1) is 0 Å². The van der Waals surface area contributed by atoms with E-state index in [1.54, 1.807) is 0 Å². The Labute approximate surface area is 212 Å². The lowest BCUT2D eigenvalue weighted by Gasteiger charge is -2.35. The van der Waals surface area contributed by atoms with Crippen LogP contribution < -0.4 is 0 Å². The summed E-state index contributed by atoms with van der Waals surface area (Å²) in [6, 6.07) is 21.2. The minimum absolute atomic E-state index is 0.165. The summed E-state index contributed by atoms with van der Waals surface area (Å²) < 4.78 is 4.63. The summed E-state index contributed by atoms with van der Waals surface area (Å²) in [6.45, 7) is 2.84. The number of likely N-dealkylation sites (tertiary alicyclic amines) is 1. The van der Waals surface area contributed by atoms with Crippen LogP contribution in [-0.4, -0.2) is 38.0 Å². The molecule has 184 valence electrons. The molecule has 1 amide bonds. The van der Waals surface area contributed by atoms with Crippen LogP contribution in [0.1, 0.15) is 48.9 Å². The first-order valence-corrected chi connectivity index (χ1v) is 13.7. The van der Waals surface area contributed by atoms with Gasteiger partial charge in [-0.05, 0) is 79.3 Å². The van der Waals surface area contributed by atoms with Gasteiger partial charge in [0.25, 0.3) is 5.91 Å². The lowest BCUT2D eigenvalue weighted by Crippen LogP contribution is -2.42. The molecule has 36 heavy (non-hydrogen) atoms. The Morgan fingerprint density at radius 3 is 2.56 bits per heavy atom. The number of rotatable bonds is 5. The Hall–Kier alpha value is -3.34. The third-order valence-electron chi connectivity index (χ3n) is 8.87. The van der Waals surface area contributed by atoms with Crippen molar-refractivity contribution in [1.29, 1.82) is 0 Å². The van der Waals surface area contributed by atoms with Crippen molar-refractivity contribution < 1.29 is 4.79 Å². The molecule has 3 aliphatic rings. The molecule has 2 aromatic carbocycles. The number of fused-ring (bicyclic) bond motifs is 2. The third-order valence-corrected chi connectivity index (χ3v) is 8.87. The lowest BCUT2D eigenvalue weighted by atomic mass is 9.88. The van der Waals surface area contributed by atoms with Gasteiger partial charge in [-0.3, -0.25) is 4.79 Å². The number of benzene rings is 2. The molecule has 3 heterocycles. The van der Waals surface area contributed by atoms with E-state index in [1.807, 2.05) is 12.1 Å². The van der Waals surface area contributed by atoms with Gasteiger partial charge in [0.2, 0.25) is 0 Å². The second kappa shape index (κ2) is 8.65. The Morgan fingerprint density at radius 1 is 0.917 bits per heavy atom. The molecule has 2 atom stereocenters. The maximum atomic E-state index is 13.4. The van der Waals surface area contributed by atoms with Crippen molar-refractivity contribution in [2.45, 2.75) is 45.1 Å². The minimum Gasteiger partial charge on any atom is -0.338 e. The molecule has 0 bridgehead atoms. The van der Waals surface area contributed by atoms with Crippen molar-refractivity contribution in [3.8, 4) is 22.8 Å². The van der Waals surface area contributed by atoms with Crippen LogP contribution in [0.5, 0.6) is 0 Å². The van der Waals surface area contributed by atoms with Crippen molar-refractivity contribution in [3.05, 3.63) is 66.2 Å². The highest BCUT2D eigenvalue weighted by atomic mass is 16.2. The fourth-order valence-electron chi connectivity index (χ4n) is 6.64. The number of aryl methyl sites for hydroxylation is 1. The predicted molar refractivity (Wildman–Crippen MR) is 144 cm³/mol. The zero-order valence-electron chi connectivity index (χ0n) is 21.1. The maximum absolute atomic E-state index is 13.4. The first-order valence-electron chi connectivity index (χ1n) is 13.7. The van der Waals surface area contributed by atoms with E-state index in [1.165, 1.54) is 43.4 Å². The molecule has 0 N–H and O–H groups in total.